The molecule has 0 aromatic heterocycles. The van der Waals surface area contributed by atoms with E-state index >= 15 is 0 Å². The third-order valence-electron chi connectivity index (χ3n) is 1.21. The van der Waals surface area contributed by atoms with E-state index in [-0.39, 0.29) is 12.1 Å². The molecule has 0 unspecified atom stereocenters. The first-order valence-electron chi connectivity index (χ1n) is 2.92. The fourth-order valence-electron chi connectivity index (χ4n) is 0.697. The lowest BCUT2D eigenvalue weighted by molar-refractivity contribution is 0.1000. The Balaban J connectivity index is 3.01. The van der Waals surface area contributed by atoms with E-state index < -0.39 is 5.91 Å². The van der Waals surface area contributed by atoms with Crippen LogP contribution in [0.2, 0.25) is 0 Å². The van der Waals surface area contributed by atoms with Gasteiger partial charge in [0.25, 0.3) is 0 Å². The standard InChI is InChI=1S/C7H6FNOS/c8-11-6-3-1-2-5(4-6)7(9)10/h1-4H,(H2,9,10). The van der Waals surface area contributed by atoms with Gasteiger partial charge in [-0.15, -0.1) is 0 Å². The van der Waals surface area contributed by atoms with Crippen LogP contribution in [0.25, 0.3) is 0 Å². The summed E-state index contributed by atoms with van der Waals surface area (Å²) in [5.41, 5.74) is 5.29. The highest BCUT2D eigenvalue weighted by Gasteiger charge is 2.00. The number of nitrogens with two attached hydrogens (primary N) is 1. The second kappa shape index (κ2) is 3.39. The van der Waals surface area contributed by atoms with Crippen LogP contribution >= 0.6 is 12.1 Å². The molecular formula is C7H6FNOS. The minimum absolute atomic E-state index is 0.0926. The van der Waals surface area contributed by atoms with E-state index in [1.807, 2.05) is 0 Å². The van der Waals surface area contributed by atoms with Crippen molar-refractivity contribution in [3.8, 4) is 0 Å². The molecule has 0 spiro atoms. The van der Waals surface area contributed by atoms with Crippen LogP contribution in [-0.2, 0) is 0 Å². The second-order valence-corrected chi connectivity index (χ2v) is 2.59. The van der Waals surface area contributed by atoms with Crippen molar-refractivity contribution in [3.63, 3.8) is 0 Å². The first-order valence-corrected chi connectivity index (χ1v) is 3.64. The van der Waals surface area contributed by atoms with Crippen LogP contribution in [0.15, 0.2) is 29.2 Å². The van der Waals surface area contributed by atoms with Crippen molar-refractivity contribution in [2.24, 2.45) is 5.73 Å². The molecule has 0 aliphatic carbocycles. The lowest BCUT2D eigenvalue weighted by atomic mass is 10.2. The summed E-state index contributed by atoms with van der Waals surface area (Å²) in [4.78, 5) is 10.9. The molecule has 0 saturated carbocycles. The Bertz CT molecular complexity index is 277. The Hall–Kier alpha value is -1.03. The molecule has 11 heavy (non-hydrogen) atoms. The number of rotatable bonds is 2. The summed E-state index contributed by atoms with van der Waals surface area (Å²) in [6, 6.07) is 6.11. The fourth-order valence-corrected chi connectivity index (χ4v) is 0.999. The Kier molecular flexibility index (Phi) is 2.48. The van der Waals surface area contributed by atoms with Gasteiger partial charge in [0.1, 0.15) is 0 Å². The van der Waals surface area contributed by atoms with Crippen LogP contribution < -0.4 is 5.73 Å². The number of benzene rings is 1. The molecule has 0 aliphatic rings. The number of hydrogen-bond donors (Lipinski definition) is 1. The van der Waals surface area contributed by atoms with Crippen molar-refractivity contribution in [3.05, 3.63) is 29.8 Å². The molecule has 0 atom stereocenters. The number of hydrogen-bond acceptors (Lipinski definition) is 2. The topological polar surface area (TPSA) is 43.1 Å². The zero-order chi connectivity index (χ0) is 8.27. The van der Waals surface area contributed by atoms with Crippen LogP contribution in [0.5, 0.6) is 0 Å². The van der Waals surface area contributed by atoms with E-state index in [1.54, 1.807) is 18.2 Å². The molecule has 2 nitrogen and oxygen atoms in total. The fraction of sp³-hybridized carbons (Fsp3) is 0. The molecule has 1 rings (SSSR count). The van der Waals surface area contributed by atoms with Gasteiger partial charge >= 0.3 is 0 Å². The Morgan fingerprint density at radius 3 is 2.82 bits per heavy atom. The Morgan fingerprint density at radius 2 is 2.27 bits per heavy atom. The number of carbonyl (C=O) groups is 1. The zero-order valence-electron chi connectivity index (χ0n) is 5.58. The summed E-state index contributed by atoms with van der Waals surface area (Å²) in [6.45, 7) is 0. The second-order valence-electron chi connectivity index (χ2n) is 1.97. The Morgan fingerprint density at radius 1 is 1.55 bits per heavy atom. The van der Waals surface area contributed by atoms with E-state index in [4.69, 9.17) is 5.73 Å². The largest absolute Gasteiger partial charge is 0.366 e. The highest BCUT2D eigenvalue weighted by molar-refractivity contribution is 7.94. The van der Waals surface area contributed by atoms with Crippen molar-refractivity contribution in [2.45, 2.75) is 4.90 Å². The molecule has 0 heterocycles. The number of amides is 1. The van der Waals surface area contributed by atoms with E-state index in [2.05, 4.69) is 0 Å². The number of primary amides is 1. The van der Waals surface area contributed by atoms with Gasteiger partial charge in [-0.25, -0.2) is 0 Å². The Labute approximate surface area is 67.9 Å². The van der Waals surface area contributed by atoms with Crippen LogP contribution in [0, 0.1) is 0 Å². The van der Waals surface area contributed by atoms with E-state index in [1.165, 1.54) is 6.07 Å². The van der Waals surface area contributed by atoms with E-state index in [0.717, 1.165) is 0 Å². The molecule has 0 aliphatic heterocycles. The van der Waals surface area contributed by atoms with Gasteiger partial charge in [0.2, 0.25) is 5.91 Å². The predicted octanol–water partition coefficient (Wildman–Crippen LogP) is 1.76. The average molecular weight is 171 g/mol. The summed E-state index contributed by atoms with van der Waals surface area (Å²) in [6.07, 6.45) is 0. The summed E-state index contributed by atoms with van der Waals surface area (Å²) in [7, 11) is 0. The summed E-state index contributed by atoms with van der Waals surface area (Å²) in [5, 5.41) is 0. The van der Waals surface area contributed by atoms with Crippen LogP contribution in [0.3, 0.4) is 0 Å². The van der Waals surface area contributed by atoms with Gasteiger partial charge < -0.3 is 5.73 Å². The van der Waals surface area contributed by atoms with Crippen molar-refractivity contribution < 1.29 is 8.68 Å². The minimum Gasteiger partial charge on any atom is -0.366 e. The molecule has 0 saturated heterocycles. The molecule has 58 valence electrons. The van der Waals surface area contributed by atoms with Gasteiger partial charge in [-0.3, -0.25) is 4.79 Å². The molecule has 0 fully saturated rings. The molecule has 0 bridgehead atoms. The van der Waals surface area contributed by atoms with Gasteiger partial charge in [-0.1, -0.05) is 6.07 Å². The first kappa shape index (κ1) is 8.07. The molecular weight excluding hydrogens is 165 g/mol. The molecule has 1 aromatic rings. The highest BCUT2D eigenvalue weighted by atomic mass is 32.2. The van der Waals surface area contributed by atoms with Crippen molar-refractivity contribution in [1.29, 1.82) is 0 Å². The smallest absolute Gasteiger partial charge is 0.248 e. The van der Waals surface area contributed by atoms with Gasteiger partial charge in [0.15, 0.2) is 0 Å². The maximum atomic E-state index is 11.9. The van der Waals surface area contributed by atoms with Gasteiger partial charge in [-0.2, -0.15) is 3.89 Å². The van der Waals surface area contributed by atoms with Crippen LogP contribution in [0.4, 0.5) is 3.89 Å². The highest BCUT2D eigenvalue weighted by Crippen LogP contribution is 2.19. The van der Waals surface area contributed by atoms with E-state index in [0.29, 0.717) is 10.5 Å². The molecule has 0 radical (unpaired) electrons. The monoisotopic (exact) mass is 171 g/mol. The number of halogens is 1. The van der Waals surface area contributed by atoms with Crippen LogP contribution in [-0.4, -0.2) is 5.91 Å². The van der Waals surface area contributed by atoms with Crippen molar-refractivity contribution >= 4 is 18.1 Å². The van der Waals surface area contributed by atoms with Gasteiger partial charge in [-0.05, 0) is 18.2 Å². The minimum atomic E-state index is -0.541. The summed E-state index contributed by atoms with van der Waals surface area (Å²) < 4.78 is 11.9. The molecule has 1 aromatic carbocycles. The quantitative estimate of drug-likeness (QED) is 0.736. The average Bonchev–Trinajstić information content (AvgIpc) is 2.05. The van der Waals surface area contributed by atoms with Gasteiger partial charge in [0.05, 0.1) is 12.1 Å². The first-order chi connectivity index (χ1) is 5.24. The van der Waals surface area contributed by atoms with Crippen molar-refractivity contribution in [2.75, 3.05) is 0 Å². The zero-order valence-corrected chi connectivity index (χ0v) is 6.40. The van der Waals surface area contributed by atoms with Gasteiger partial charge in [0, 0.05) is 10.5 Å². The summed E-state index contributed by atoms with van der Waals surface area (Å²) in [5.74, 6) is -0.541. The lowest BCUT2D eigenvalue weighted by Gasteiger charge is -1.95. The summed E-state index contributed by atoms with van der Waals surface area (Å²) >= 11 is 0.0926. The normalized spacial score (nSPS) is 9.55. The maximum absolute atomic E-state index is 11.9. The lowest BCUT2D eigenvalue weighted by Crippen LogP contribution is -2.10. The number of carbonyl (C=O) groups excluding carboxylic acids is 1. The van der Waals surface area contributed by atoms with E-state index in [9.17, 15) is 8.68 Å². The molecule has 2 N–H and O–H groups in total. The van der Waals surface area contributed by atoms with Crippen molar-refractivity contribution in [1.82, 2.24) is 0 Å². The SMILES string of the molecule is NC(=O)c1cccc(SF)c1. The molecule has 1 amide bonds. The third-order valence-corrected chi connectivity index (χ3v) is 1.64. The third kappa shape index (κ3) is 1.94. The maximum Gasteiger partial charge on any atom is 0.248 e. The van der Waals surface area contributed by atoms with Crippen LogP contribution in [0.1, 0.15) is 10.4 Å². The predicted molar refractivity (Wildman–Crippen MR) is 41.9 cm³/mol. The molecule has 4 heteroatoms.